The molecule has 0 radical (unpaired) electrons. The quantitative estimate of drug-likeness (QED) is 0.446. The summed E-state index contributed by atoms with van der Waals surface area (Å²) in [7, 11) is 0. The van der Waals surface area contributed by atoms with Crippen molar-refractivity contribution < 1.29 is 26.7 Å². The summed E-state index contributed by atoms with van der Waals surface area (Å²) in [6, 6.07) is 6.35. The van der Waals surface area contributed by atoms with Gasteiger partial charge in [0, 0.05) is 17.0 Å². The Labute approximate surface area is 181 Å². The van der Waals surface area contributed by atoms with Crippen LogP contribution in [0.4, 0.5) is 22.0 Å². The highest BCUT2D eigenvalue weighted by atomic mass is 35.5. The van der Waals surface area contributed by atoms with Gasteiger partial charge in [0.25, 0.3) is 0 Å². The van der Waals surface area contributed by atoms with E-state index in [1.807, 2.05) is 0 Å². The Balaban J connectivity index is 0.000000804. The van der Waals surface area contributed by atoms with Gasteiger partial charge < -0.3 is 10.5 Å². The molecule has 1 heterocycles. The van der Waals surface area contributed by atoms with Gasteiger partial charge in [0.05, 0.1) is 16.8 Å². The van der Waals surface area contributed by atoms with Crippen LogP contribution in [0.1, 0.15) is 32.0 Å². The highest BCUT2D eigenvalue weighted by Crippen LogP contribution is 2.33. The van der Waals surface area contributed by atoms with Crippen molar-refractivity contribution >= 4 is 24.2 Å². The number of nitriles is 1. The molecule has 0 aliphatic carbocycles. The third-order valence-corrected chi connectivity index (χ3v) is 3.37. The molecule has 0 fully saturated rings. The van der Waals surface area contributed by atoms with Crippen molar-refractivity contribution in [1.29, 1.82) is 5.26 Å². The zero-order valence-corrected chi connectivity index (χ0v) is 17.8. The first-order valence-corrected chi connectivity index (χ1v) is 9.11. The number of nitrogens with zero attached hydrogens (tertiary/aromatic N) is 2. The van der Waals surface area contributed by atoms with Crippen molar-refractivity contribution in [2.24, 2.45) is 5.73 Å². The number of hydrogen-bond donors (Lipinski definition) is 2. The summed E-state index contributed by atoms with van der Waals surface area (Å²) in [5.74, 6) is -2.03. The van der Waals surface area contributed by atoms with Crippen LogP contribution in [-0.2, 0) is 5.54 Å². The lowest BCUT2D eigenvalue weighted by atomic mass is 9.88. The molecule has 164 valence electrons. The van der Waals surface area contributed by atoms with Gasteiger partial charge in [-0.1, -0.05) is 32.4 Å². The Morgan fingerprint density at radius 3 is 2.20 bits per heavy atom. The number of ether oxygens (including phenoxy) is 1. The minimum absolute atomic E-state index is 0.0587. The SMILES string of the molecule is CC(C)(C)S.N#CC(N)(c1cc(F)cc(OC(F)(F)C(F)F)c1)c1ccc(Cl)cn1. The first-order valence-electron chi connectivity index (χ1n) is 8.29. The normalized spacial score (nSPS) is 13.7. The van der Waals surface area contributed by atoms with Gasteiger partial charge in [-0.25, -0.2) is 4.39 Å². The van der Waals surface area contributed by atoms with Crippen LogP contribution in [0.15, 0.2) is 36.5 Å². The number of thiol groups is 1. The first-order chi connectivity index (χ1) is 13.6. The molecule has 0 spiro atoms. The van der Waals surface area contributed by atoms with Crippen LogP contribution in [0.3, 0.4) is 0 Å². The number of pyridine rings is 1. The largest absolute Gasteiger partial charge is 0.461 e. The lowest BCUT2D eigenvalue weighted by Crippen LogP contribution is -2.38. The van der Waals surface area contributed by atoms with Crippen LogP contribution in [0.2, 0.25) is 5.02 Å². The van der Waals surface area contributed by atoms with Crippen molar-refractivity contribution in [3.8, 4) is 11.8 Å². The maximum atomic E-state index is 13.7. The molecule has 0 saturated heterocycles. The predicted octanol–water partition coefficient (Wildman–Crippen LogP) is 5.55. The number of hydrogen-bond acceptors (Lipinski definition) is 5. The molecule has 11 heteroatoms. The van der Waals surface area contributed by atoms with E-state index in [0.29, 0.717) is 6.07 Å². The van der Waals surface area contributed by atoms with Gasteiger partial charge >= 0.3 is 12.5 Å². The smallest absolute Gasteiger partial charge is 0.428 e. The Bertz CT molecular complexity index is 895. The summed E-state index contributed by atoms with van der Waals surface area (Å²) in [4.78, 5) is 3.85. The minimum atomic E-state index is -4.84. The van der Waals surface area contributed by atoms with E-state index in [1.165, 1.54) is 18.3 Å². The van der Waals surface area contributed by atoms with Crippen molar-refractivity contribution in [2.45, 2.75) is 43.6 Å². The highest BCUT2D eigenvalue weighted by Gasteiger charge is 2.44. The molecule has 1 aromatic carbocycles. The molecule has 0 amide bonds. The Morgan fingerprint density at radius 1 is 1.20 bits per heavy atom. The van der Waals surface area contributed by atoms with Crippen LogP contribution in [0.25, 0.3) is 0 Å². The summed E-state index contributed by atoms with van der Waals surface area (Å²) in [5.41, 5.74) is 3.50. The number of alkyl halides is 4. The molecule has 2 rings (SSSR count). The second-order valence-corrected chi connectivity index (χ2v) is 8.87. The third-order valence-electron chi connectivity index (χ3n) is 3.14. The van der Waals surface area contributed by atoms with E-state index in [9.17, 15) is 27.2 Å². The van der Waals surface area contributed by atoms with Crippen LogP contribution in [0, 0.1) is 17.1 Å². The third kappa shape index (κ3) is 7.63. The van der Waals surface area contributed by atoms with E-state index in [2.05, 4.69) is 43.1 Å². The van der Waals surface area contributed by atoms with Crippen LogP contribution < -0.4 is 10.5 Å². The molecule has 0 bridgehead atoms. The van der Waals surface area contributed by atoms with Crippen molar-refractivity contribution in [2.75, 3.05) is 0 Å². The lowest BCUT2D eigenvalue weighted by molar-refractivity contribution is -0.253. The van der Waals surface area contributed by atoms with Crippen LogP contribution in [-0.4, -0.2) is 22.3 Å². The molecule has 1 atom stereocenters. The average Bonchev–Trinajstić information content (AvgIpc) is 2.59. The molecule has 1 unspecified atom stereocenters. The first kappa shape index (κ1) is 25.9. The number of halogens is 6. The van der Waals surface area contributed by atoms with Crippen molar-refractivity contribution in [3.63, 3.8) is 0 Å². The van der Waals surface area contributed by atoms with Gasteiger partial charge in [0.2, 0.25) is 0 Å². The van der Waals surface area contributed by atoms with Gasteiger partial charge in [-0.2, -0.15) is 35.5 Å². The zero-order chi connectivity index (χ0) is 23.3. The summed E-state index contributed by atoms with van der Waals surface area (Å²) in [6.45, 7) is 6.16. The fourth-order valence-electron chi connectivity index (χ4n) is 1.93. The summed E-state index contributed by atoms with van der Waals surface area (Å²) in [6.07, 6.45) is -7.79. The molecule has 30 heavy (non-hydrogen) atoms. The van der Waals surface area contributed by atoms with Crippen molar-refractivity contribution in [3.05, 3.63) is 58.6 Å². The van der Waals surface area contributed by atoms with Gasteiger partial charge in [-0.05, 0) is 29.8 Å². The fourth-order valence-corrected chi connectivity index (χ4v) is 2.04. The summed E-state index contributed by atoms with van der Waals surface area (Å²) < 4.78 is 68.3. The Hall–Kier alpha value is -2.09. The average molecular weight is 468 g/mol. The van der Waals surface area contributed by atoms with E-state index in [4.69, 9.17) is 17.3 Å². The Morgan fingerprint density at radius 2 is 1.77 bits per heavy atom. The van der Waals surface area contributed by atoms with Gasteiger partial charge in [-0.15, -0.1) is 0 Å². The van der Waals surface area contributed by atoms with Gasteiger partial charge in [0.1, 0.15) is 11.6 Å². The number of aromatic nitrogens is 1. The molecular weight excluding hydrogens is 449 g/mol. The van der Waals surface area contributed by atoms with Crippen LogP contribution >= 0.6 is 24.2 Å². The number of nitrogens with two attached hydrogens (primary N) is 1. The second kappa shape index (κ2) is 9.81. The monoisotopic (exact) mass is 467 g/mol. The molecule has 1 aromatic heterocycles. The standard InChI is InChI=1S/C15H9ClF5N3O.C4H10S/c16-9-1-2-12(24-6-9)14(23,7-22)8-3-10(17)5-11(4-8)25-15(20,21)13(18)19;1-4(2,3)5/h1-6,13H,23H2;5H,1-3H3. The van der Waals surface area contributed by atoms with Crippen LogP contribution in [0.5, 0.6) is 5.75 Å². The zero-order valence-electron chi connectivity index (χ0n) is 16.1. The predicted molar refractivity (Wildman–Crippen MR) is 107 cm³/mol. The maximum Gasteiger partial charge on any atom is 0.461 e. The highest BCUT2D eigenvalue weighted by molar-refractivity contribution is 7.81. The molecule has 4 nitrogen and oxygen atoms in total. The summed E-state index contributed by atoms with van der Waals surface area (Å²) >= 11 is 9.81. The van der Waals surface area contributed by atoms with E-state index in [-0.39, 0.29) is 21.0 Å². The number of rotatable bonds is 5. The molecule has 0 aliphatic rings. The Kier molecular flexibility index (Phi) is 8.49. The topological polar surface area (TPSA) is 71.9 Å². The van der Waals surface area contributed by atoms with E-state index in [0.717, 1.165) is 12.1 Å². The lowest BCUT2D eigenvalue weighted by Gasteiger charge is -2.23. The van der Waals surface area contributed by atoms with E-state index in [1.54, 1.807) is 6.07 Å². The fraction of sp³-hybridized carbons (Fsp3) is 0.368. The molecule has 0 saturated carbocycles. The van der Waals surface area contributed by atoms with E-state index >= 15 is 0 Å². The van der Waals surface area contributed by atoms with Gasteiger partial charge in [0.15, 0.2) is 5.54 Å². The maximum absolute atomic E-state index is 13.7. The van der Waals surface area contributed by atoms with Crippen molar-refractivity contribution in [1.82, 2.24) is 4.98 Å². The summed E-state index contributed by atoms with van der Waals surface area (Å²) in [5, 5.41) is 9.62. The molecule has 2 aromatic rings. The number of benzene rings is 1. The van der Waals surface area contributed by atoms with Gasteiger partial charge in [-0.3, -0.25) is 4.98 Å². The second-order valence-electron chi connectivity index (χ2n) is 7.09. The molecule has 2 N–H and O–H groups in total. The molecular formula is C19H19ClF5N3OS. The minimum Gasteiger partial charge on any atom is -0.428 e. The van der Waals surface area contributed by atoms with E-state index < -0.39 is 29.6 Å². The molecule has 0 aliphatic heterocycles.